The summed E-state index contributed by atoms with van der Waals surface area (Å²) in [4.78, 5) is 0. The maximum atomic E-state index is 6.28. The van der Waals surface area contributed by atoms with Gasteiger partial charge in [0.05, 0.1) is 33.1 Å². The van der Waals surface area contributed by atoms with Gasteiger partial charge in [-0.05, 0) is 54.6 Å². The first-order chi connectivity index (χ1) is 19.4. The molecule has 0 bridgehead atoms. The molecule has 39 heavy (non-hydrogen) atoms. The molecule has 0 saturated carbocycles. The Morgan fingerprint density at radius 2 is 0.949 bits per heavy atom. The predicted octanol–water partition coefficient (Wildman–Crippen LogP) is 9.78. The van der Waals surface area contributed by atoms with Crippen molar-refractivity contribution in [1.29, 1.82) is 0 Å². The second kappa shape index (κ2) is 7.62. The van der Waals surface area contributed by atoms with Crippen LogP contribution in [0.3, 0.4) is 0 Å². The van der Waals surface area contributed by atoms with E-state index >= 15 is 0 Å². The van der Waals surface area contributed by atoms with Gasteiger partial charge in [0.2, 0.25) is 0 Å². The van der Waals surface area contributed by atoms with Crippen LogP contribution in [0, 0.1) is 0 Å². The zero-order valence-electron chi connectivity index (χ0n) is 21.0. The standard InChI is InChI=1S/C36H22N2O/c1-2-11-23(12-3-1)37-29-16-7-4-13-24(29)27-22-33-28(21-32(27)37)25-14-5-8-17-30(25)38(33)31-18-10-20-35-36(31)26-15-6-9-19-34(26)39-35/h1-22H. The van der Waals surface area contributed by atoms with Gasteiger partial charge in [0, 0.05) is 32.6 Å². The lowest BCUT2D eigenvalue weighted by atomic mass is 10.1. The molecule has 0 aliphatic carbocycles. The number of fused-ring (bicyclic) bond motifs is 9. The van der Waals surface area contributed by atoms with Crippen LogP contribution in [0.1, 0.15) is 0 Å². The number of para-hydroxylation sites is 4. The van der Waals surface area contributed by atoms with Crippen molar-refractivity contribution in [2.75, 3.05) is 0 Å². The van der Waals surface area contributed by atoms with Crippen molar-refractivity contribution in [2.45, 2.75) is 0 Å². The Bertz CT molecular complexity index is 2390. The van der Waals surface area contributed by atoms with Gasteiger partial charge in [0.15, 0.2) is 0 Å². The first-order valence-corrected chi connectivity index (χ1v) is 13.3. The molecule has 9 rings (SSSR count). The molecular formula is C36H22N2O. The molecule has 3 heterocycles. The van der Waals surface area contributed by atoms with Crippen molar-refractivity contribution in [3.8, 4) is 11.4 Å². The molecule has 9 aromatic rings. The number of rotatable bonds is 2. The summed E-state index contributed by atoms with van der Waals surface area (Å²) >= 11 is 0. The molecule has 6 aromatic carbocycles. The largest absolute Gasteiger partial charge is 0.456 e. The molecule has 3 aromatic heterocycles. The van der Waals surface area contributed by atoms with E-state index in [1.165, 1.54) is 49.3 Å². The average Bonchev–Trinajstić information content (AvgIpc) is 3.64. The summed E-state index contributed by atoms with van der Waals surface area (Å²) < 4.78 is 11.1. The average molecular weight is 499 g/mol. The van der Waals surface area contributed by atoms with Crippen molar-refractivity contribution in [3.63, 3.8) is 0 Å². The van der Waals surface area contributed by atoms with E-state index in [9.17, 15) is 0 Å². The molecule has 0 spiro atoms. The minimum absolute atomic E-state index is 0.904. The van der Waals surface area contributed by atoms with Gasteiger partial charge in [-0.25, -0.2) is 0 Å². The normalized spacial score (nSPS) is 12.1. The Morgan fingerprint density at radius 3 is 1.69 bits per heavy atom. The number of nitrogens with zero attached hydrogens (tertiary/aromatic N) is 2. The van der Waals surface area contributed by atoms with Crippen LogP contribution in [-0.2, 0) is 0 Å². The van der Waals surface area contributed by atoms with E-state index in [0.717, 1.165) is 27.6 Å². The van der Waals surface area contributed by atoms with Crippen LogP contribution >= 0.6 is 0 Å². The zero-order chi connectivity index (χ0) is 25.5. The predicted molar refractivity (Wildman–Crippen MR) is 162 cm³/mol. The zero-order valence-corrected chi connectivity index (χ0v) is 21.0. The van der Waals surface area contributed by atoms with Crippen LogP contribution in [0.5, 0.6) is 0 Å². The van der Waals surface area contributed by atoms with Gasteiger partial charge in [-0.15, -0.1) is 0 Å². The van der Waals surface area contributed by atoms with Crippen LogP contribution in [0.15, 0.2) is 138 Å². The summed E-state index contributed by atoms with van der Waals surface area (Å²) in [7, 11) is 0. The summed E-state index contributed by atoms with van der Waals surface area (Å²) in [6.45, 7) is 0. The van der Waals surface area contributed by atoms with Crippen molar-refractivity contribution < 1.29 is 4.42 Å². The molecule has 0 aliphatic heterocycles. The molecule has 182 valence electrons. The third-order valence-corrected chi connectivity index (χ3v) is 8.10. The lowest BCUT2D eigenvalue weighted by Crippen LogP contribution is -1.95. The first kappa shape index (κ1) is 20.7. The van der Waals surface area contributed by atoms with E-state index in [-0.39, 0.29) is 0 Å². The van der Waals surface area contributed by atoms with Crippen molar-refractivity contribution >= 4 is 65.6 Å². The number of benzene rings is 6. The summed E-state index contributed by atoms with van der Waals surface area (Å²) in [6, 6.07) is 47.6. The topological polar surface area (TPSA) is 23.0 Å². The second-order valence-corrected chi connectivity index (χ2v) is 10.2. The fourth-order valence-corrected chi connectivity index (χ4v) is 6.49. The van der Waals surface area contributed by atoms with Crippen LogP contribution in [0.25, 0.3) is 76.9 Å². The Balaban J connectivity index is 1.49. The minimum atomic E-state index is 0.904. The fraction of sp³-hybridized carbons (Fsp3) is 0. The van der Waals surface area contributed by atoms with Crippen LogP contribution in [0.4, 0.5) is 0 Å². The molecule has 0 atom stereocenters. The van der Waals surface area contributed by atoms with E-state index in [4.69, 9.17) is 4.42 Å². The van der Waals surface area contributed by atoms with E-state index in [2.05, 4.69) is 130 Å². The Kier molecular flexibility index (Phi) is 4.05. The van der Waals surface area contributed by atoms with E-state index in [1.807, 2.05) is 12.1 Å². The number of aromatic nitrogens is 2. The van der Waals surface area contributed by atoms with Gasteiger partial charge >= 0.3 is 0 Å². The van der Waals surface area contributed by atoms with Crippen LogP contribution < -0.4 is 0 Å². The molecule has 3 nitrogen and oxygen atoms in total. The van der Waals surface area contributed by atoms with Gasteiger partial charge < -0.3 is 13.6 Å². The first-order valence-electron chi connectivity index (χ1n) is 13.3. The maximum absolute atomic E-state index is 6.28. The monoisotopic (exact) mass is 498 g/mol. The van der Waals surface area contributed by atoms with Crippen molar-refractivity contribution in [1.82, 2.24) is 9.13 Å². The maximum Gasteiger partial charge on any atom is 0.137 e. The Morgan fingerprint density at radius 1 is 0.385 bits per heavy atom. The highest BCUT2D eigenvalue weighted by Crippen LogP contribution is 2.41. The Hall–Kier alpha value is -5.28. The van der Waals surface area contributed by atoms with Gasteiger partial charge in [0.1, 0.15) is 11.2 Å². The summed E-state index contributed by atoms with van der Waals surface area (Å²) in [5.74, 6) is 0. The van der Waals surface area contributed by atoms with E-state index in [0.29, 0.717) is 0 Å². The van der Waals surface area contributed by atoms with Crippen LogP contribution in [0.2, 0.25) is 0 Å². The highest BCUT2D eigenvalue weighted by molar-refractivity contribution is 6.20. The third-order valence-electron chi connectivity index (χ3n) is 8.10. The van der Waals surface area contributed by atoms with Crippen molar-refractivity contribution in [3.05, 3.63) is 133 Å². The third kappa shape index (κ3) is 2.76. The molecule has 0 fully saturated rings. The summed E-state index contributed by atoms with van der Waals surface area (Å²) in [6.07, 6.45) is 0. The molecule has 0 radical (unpaired) electrons. The summed E-state index contributed by atoms with van der Waals surface area (Å²) in [5, 5.41) is 7.25. The molecule has 0 amide bonds. The van der Waals surface area contributed by atoms with Crippen LogP contribution in [-0.4, -0.2) is 9.13 Å². The Labute approximate surface area is 223 Å². The number of hydrogen-bond acceptors (Lipinski definition) is 1. The highest BCUT2D eigenvalue weighted by Gasteiger charge is 2.20. The highest BCUT2D eigenvalue weighted by atomic mass is 16.3. The molecule has 0 aliphatic rings. The van der Waals surface area contributed by atoms with Crippen molar-refractivity contribution in [2.24, 2.45) is 0 Å². The lowest BCUT2D eigenvalue weighted by Gasteiger charge is -2.10. The fourth-order valence-electron chi connectivity index (χ4n) is 6.49. The molecular weight excluding hydrogens is 476 g/mol. The van der Waals surface area contributed by atoms with E-state index < -0.39 is 0 Å². The number of furan rings is 1. The van der Waals surface area contributed by atoms with Gasteiger partial charge in [-0.1, -0.05) is 78.9 Å². The molecule has 3 heteroatoms. The lowest BCUT2D eigenvalue weighted by molar-refractivity contribution is 0.669. The molecule has 0 saturated heterocycles. The quantitative estimate of drug-likeness (QED) is 0.233. The molecule has 0 N–H and O–H groups in total. The second-order valence-electron chi connectivity index (χ2n) is 10.2. The minimum Gasteiger partial charge on any atom is -0.456 e. The SMILES string of the molecule is c1ccc(-n2c3ccccc3c3cc4c(cc32)c2ccccc2n4-c2cccc3oc4ccccc4c23)cc1. The summed E-state index contributed by atoms with van der Waals surface area (Å²) in [5.41, 5.74) is 8.92. The number of hydrogen-bond donors (Lipinski definition) is 0. The van der Waals surface area contributed by atoms with E-state index in [1.54, 1.807) is 0 Å². The smallest absolute Gasteiger partial charge is 0.137 e. The van der Waals surface area contributed by atoms with Gasteiger partial charge in [-0.3, -0.25) is 0 Å². The van der Waals surface area contributed by atoms with Gasteiger partial charge in [0.25, 0.3) is 0 Å². The molecule has 0 unspecified atom stereocenters. The van der Waals surface area contributed by atoms with Gasteiger partial charge in [-0.2, -0.15) is 0 Å².